The zero-order valence-corrected chi connectivity index (χ0v) is 10.6. The van der Waals surface area contributed by atoms with E-state index < -0.39 is 0 Å². The number of H-pyrrole nitrogens is 1. The number of nitrogens with two attached hydrogens (primary N) is 1. The predicted octanol–water partition coefficient (Wildman–Crippen LogP) is 1.63. The second-order valence-electron chi connectivity index (χ2n) is 3.99. The van der Waals surface area contributed by atoms with Gasteiger partial charge in [0.05, 0.1) is 6.33 Å². The Morgan fingerprint density at radius 1 is 1.44 bits per heavy atom. The van der Waals surface area contributed by atoms with E-state index in [0.717, 1.165) is 17.9 Å². The second-order valence-corrected chi connectivity index (χ2v) is 4.77. The van der Waals surface area contributed by atoms with Crippen molar-refractivity contribution in [3.05, 3.63) is 28.7 Å². The highest BCUT2D eigenvalue weighted by molar-refractivity contribution is 7.07. The van der Waals surface area contributed by atoms with Gasteiger partial charge in [0.1, 0.15) is 5.52 Å². The van der Waals surface area contributed by atoms with Crippen LogP contribution >= 0.6 is 11.3 Å². The first-order chi connectivity index (χ1) is 8.74. The molecule has 3 N–H and O–H groups in total. The molecule has 3 aromatic rings. The molecule has 3 rings (SSSR count). The summed E-state index contributed by atoms with van der Waals surface area (Å²) in [6.45, 7) is 0.772. The largest absolute Gasteiger partial charge is 0.368 e. The van der Waals surface area contributed by atoms with E-state index in [9.17, 15) is 0 Å². The van der Waals surface area contributed by atoms with Crippen molar-refractivity contribution < 1.29 is 0 Å². The van der Waals surface area contributed by atoms with Gasteiger partial charge in [0, 0.05) is 13.6 Å². The fraction of sp³-hybridized carbons (Fsp3) is 0.182. The zero-order chi connectivity index (χ0) is 12.5. The smallest absolute Gasteiger partial charge is 0.224 e. The summed E-state index contributed by atoms with van der Waals surface area (Å²) in [7, 11) is 1.97. The van der Waals surface area contributed by atoms with Crippen LogP contribution in [0.15, 0.2) is 23.2 Å². The maximum absolute atomic E-state index is 5.69. The number of nitrogens with one attached hydrogen (secondary N) is 1. The normalized spacial score (nSPS) is 10.9. The van der Waals surface area contributed by atoms with Crippen LogP contribution in [0.1, 0.15) is 5.56 Å². The van der Waals surface area contributed by atoms with E-state index in [1.54, 1.807) is 17.7 Å². The van der Waals surface area contributed by atoms with Crippen LogP contribution in [-0.2, 0) is 6.54 Å². The van der Waals surface area contributed by atoms with Crippen LogP contribution in [0.5, 0.6) is 0 Å². The fourth-order valence-corrected chi connectivity index (χ4v) is 2.50. The average molecular weight is 260 g/mol. The fourth-order valence-electron chi connectivity index (χ4n) is 1.84. The van der Waals surface area contributed by atoms with Crippen molar-refractivity contribution in [2.45, 2.75) is 6.54 Å². The first kappa shape index (κ1) is 11.0. The molecule has 0 spiro atoms. The van der Waals surface area contributed by atoms with Crippen molar-refractivity contribution in [2.24, 2.45) is 0 Å². The standard InChI is InChI=1S/C11H12N6S/c1-17(4-7-2-3-18-5-7)10-8-9(14-6-13-8)15-11(12)16-10/h2-3,5-6H,4H2,1H3,(H3,12,13,14,15,16). The Morgan fingerprint density at radius 3 is 3.11 bits per heavy atom. The molecule has 3 aromatic heterocycles. The maximum Gasteiger partial charge on any atom is 0.224 e. The summed E-state index contributed by atoms with van der Waals surface area (Å²) in [5, 5.41) is 4.18. The monoisotopic (exact) mass is 260 g/mol. The lowest BCUT2D eigenvalue weighted by molar-refractivity contribution is 0.904. The van der Waals surface area contributed by atoms with E-state index in [1.807, 2.05) is 11.9 Å². The Morgan fingerprint density at radius 2 is 2.33 bits per heavy atom. The molecule has 0 fully saturated rings. The van der Waals surface area contributed by atoms with E-state index in [2.05, 4.69) is 36.8 Å². The van der Waals surface area contributed by atoms with Gasteiger partial charge < -0.3 is 15.6 Å². The minimum Gasteiger partial charge on any atom is -0.368 e. The van der Waals surface area contributed by atoms with Gasteiger partial charge in [-0.3, -0.25) is 0 Å². The van der Waals surface area contributed by atoms with E-state index in [4.69, 9.17) is 5.73 Å². The van der Waals surface area contributed by atoms with Crippen molar-refractivity contribution in [3.63, 3.8) is 0 Å². The van der Waals surface area contributed by atoms with E-state index >= 15 is 0 Å². The number of nitrogens with zero attached hydrogens (tertiary/aromatic N) is 4. The van der Waals surface area contributed by atoms with Gasteiger partial charge >= 0.3 is 0 Å². The van der Waals surface area contributed by atoms with Crippen LogP contribution in [0.25, 0.3) is 11.2 Å². The SMILES string of the molecule is CN(Cc1ccsc1)c1nc(N)nc2nc[nH]c12. The minimum atomic E-state index is 0.238. The predicted molar refractivity (Wildman–Crippen MR) is 72.5 cm³/mol. The molecule has 6 nitrogen and oxygen atoms in total. The summed E-state index contributed by atoms with van der Waals surface area (Å²) in [4.78, 5) is 17.5. The first-order valence-corrected chi connectivity index (χ1v) is 6.37. The summed E-state index contributed by atoms with van der Waals surface area (Å²) in [5.41, 5.74) is 8.34. The third-order valence-electron chi connectivity index (χ3n) is 2.65. The molecule has 0 aliphatic rings. The average Bonchev–Trinajstić information content (AvgIpc) is 2.97. The van der Waals surface area contributed by atoms with Gasteiger partial charge in [-0.2, -0.15) is 21.3 Å². The molecule has 0 bridgehead atoms. The van der Waals surface area contributed by atoms with Crippen LogP contribution in [0.3, 0.4) is 0 Å². The number of anilines is 2. The zero-order valence-electron chi connectivity index (χ0n) is 9.79. The Kier molecular flexibility index (Phi) is 2.60. The number of nitrogen functional groups attached to an aromatic ring is 1. The summed E-state index contributed by atoms with van der Waals surface area (Å²) >= 11 is 1.68. The van der Waals surface area contributed by atoms with E-state index in [0.29, 0.717) is 5.65 Å². The van der Waals surface area contributed by atoms with Gasteiger partial charge in [-0.1, -0.05) is 0 Å². The van der Waals surface area contributed by atoms with Gasteiger partial charge in [0.15, 0.2) is 11.5 Å². The van der Waals surface area contributed by atoms with Crippen LogP contribution < -0.4 is 10.6 Å². The van der Waals surface area contributed by atoms with Gasteiger partial charge in [0.2, 0.25) is 5.95 Å². The third kappa shape index (κ3) is 1.88. The molecule has 0 unspecified atom stereocenters. The van der Waals surface area contributed by atoms with Gasteiger partial charge in [-0.05, 0) is 22.4 Å². The van der Waals surface area contributed by atoms with Crippen LogP contribution in [0.4, 0.5) is 11.8 Å². The highest BCUT2D eigenvalue weighted by Crippen LogP contribution is 2.22. The van der Waals surface area contributed by atoms with Crippen molar-refractivity contribution in [1.82, 2.24) is 19.9 Å². The van der Waals surface area contributed by atoms with Crippen LogP contribution in [0, 0.1) is 0 Å². The molecule has 3 heterocycles. The number of aromatic amines is 1. The Balaban J connectivity index is 2.00. The molecule has 0 aliphatic carbocycles. The van der Waals surface area contributed by atoms with E-state index in [-0.39, 0.29) is 5.95 Å². The van der Waals surface area contributed by atoms with Crippen molar-refractivity contribution in [3.8, 4) is 0 Å². The number of thiophene rings is 1. The van der Waals surface area contributed by atoms with Crippen LogP contribution in [0.2, 0.25) is 0 Å². The lowest BCUT2D eigenvalue weighted by atomic mass is 10.3. The second kappa shape index (κ2) is 4.26. The Hall–Kier alpha value is -2.15. The Bertz CT molecular complexity index is 659. The topological polar surface area (TPSA) is 83.7 Å². The Labute approximate surface area is 108 Å². The maximum atomic E-state index is 5.69. The molecule has 0 saturated carbocycles. The lowest BCUT2D eigenvalue weighted by Crippen LogP contribution is -2.18. The number of hydrogen-bond donors (Lipinski definition) is 2. The number of hydrogen-bond acceptors (Lipinski definition) is 6. The minimum absolute atomic E-state index is 0.238. The molecule has 0 radical (unpaired) electrons. The van der Waals surface area contributed by atoms with Crippen molar-refractivity contribution >= 4 is 34.3 Å². The molecule has 0 aliphatic heterocycles. The number of imidazole rings is 1. The first-order valence-electron chi connectivity index (χ1n) is 5.43. The molecule has 7 heteroatoms. The van der Waals surface area contributed by atoms with Gasteiger partial charge in [0.25, 0.3) is 0 Å². The molecule has 92 valence electrons. The summed E-state index contributed by atoms with van der Waals surface area (Å²) in [6.07, 6.45) is 1.60. The molecule has 0 saturated heterocycles. The molecule has 0 atom stereocenters. The molecular weight excluding hydrogens is 248 g/mol. The number of rotatable bonds is 3. The molecule has 0 amide bonds. The summed E-state index contributed by atoms with van der Waals surface area (Å²) < 4.78 is 0. The van der Waals surface area contributed by atoms with Crippen molar-refractivity contribution in [2.75, 3.05) is 17.7 Å². The third-order valence-corrected chi connectivity index (χ3v) is 3.38. The van der Waals surface area contributed by atoms with E-state index in [1.165, 1.54) is 5.56 Å². The highest BCUT2D eigenvalue weighted by atomic mass is 32.1. The van der Waals surface area contributed by atoms with Gasteiger partial charge in [-0.15, -0.1) is 0 Å². The molecule has 0 aromatic carbocycles. The molecular formula is C11H12N6S. The quantitative estimate of drug-likeness (QED) is 0.747. The van der Waals surface area contributed by atoms with Crippen LogP contribution in [-0.4, -0.2) is 27.0 Å². The molecule has 18 heavy (non-hydrogen) atoms. The summed E-state index contributed by atoms with van der Waals surface area (Å²) in [6, 6.07) is 2.09. The van der Waals surface area contributed by atoms with Gasteiger partial charge in [-0.25, -0.2) is 4.98 Å². The number of fused-ring (bicyclic) bond motifs is 1. The lowest BCUT2D eigenvalue weighted by Gasteiger charge is -2.17. The number of aromatic nitrogens is 4. The highest BCUT2D eigenvalue weighted by Gasteiger charge is 2.12. The van der Waals surface area contributed by atoms with Crippen molar-refractivity contribution in [1.29, 1.82) is 0 Å². The summed E-state index contributed by atoms with van der Waals surface area (Å²) in [5.74, 6) is 1.00.